The summed E-state index contributed by atoms with van der Waals surface area (Å²) in [5.41, 5.74) is 3.94. The number of nitrogens with zero attached hydrogens (tertiary/aromatic N) is 6. The van der Waals surface area contributed by atoms with Gasteiger partial charge in [0.1, 0.15) is 5.82 Å². The zero-order valence-corrected chi connectivity index (χ0v) is 14.1. The van der Waals surface area contributed by atoms with E-state index in [0.29, 0.717) is 28.9 Å². The van der Waals surface area contributed by atoms with Gasteiger partial charge in [0, 0.05) is 41.2 Å². The molecule has 1 aromatic carbocycles. The summed E-state index contributed by atoms with van der Waals surface area (Å²) in [6.45, 7) is 0.307. The molecule has 0 bridgehead atoms. The fourth-order valence-corrected chi connectivity index (χ4v) is 3.06. The van der Waals surface area contributed by atoms with Crippen molar-refractivity contribution in [3.05, 3.63) is 78.9 Å². The molecule has 4 heterocycles. The maximum absolute atomic E-state index is 14.5. The van der Waals surface area contributed by atoms with Crippen molar-refractivity contribution in [2.75, 3.05) is 0 Å². The van der Waals surface area contributed by atoms with E-state index in [-0.39, 0.29) is 5.82 Å². The van der Waals surface area contributed by atoms with E-state index in [4.69, 9.17) is 0 Å². The number of hydrogen-bond acceptors (Lipinski definition) is 5. The van der Waals surface area contributed by atoms with Gasteiger partial charge in [0.15, 0.2) is 11.3 Å². The van der Waals surface area contributed by atoms with Crippen LogP contribution in [0.5, 0.6) is 0 Å². The molecule has 0 atom stereocenters. The fourth-order valence-electron chi connectivity index (χ4n) is 3.06. The van der Waals surface area contributed by atoms with Crippen molar-refractivity contribution in [1.29, 1.82) is 0 Å². The predicted molar refractivity (Wildman–Crippen MR) is 99.4 cm³/mol. The number of hydrogen-bond donors (Lipinski definition) is 0. The van der Waals surface area contributed by atoms with Gasteiger partial charge in [-0.2, -0.15) is 0 Å². The monoisotopic (exact) mass is 356 g/mol. The van der Waals surface area contributed by atoms with Gasteiger partial charge in [0.05, 0.1) is 30.3 Å². The van der Waals surface area contributed by atoms with Crippen molar-refractivity contribution in [2.45, 2.75) is 6.54 Å². The van der Waals surface area contributed by atoms with Crippen LogP contribution in [-0.2, 0) is 6.54 Å². The first-order valence-electron chi connectivity index (χ1n) is 8.39. The number of pyridine rings is 2. The zero-order valence-electron chi connectivity index (χ0n) is 14.1. The summed E-state index contributed by atoms with van der Waals surface area (Å²) in [7, 11) is 0. The van der Waals surface area contributed by atoms with Gasteiger partial charge in [-0.1, -0.05) is 6.07 Å². The van der Waals surface area contributed by atoms with Gasteiger partial charge >= 0.3 is 0 Å². The van der Waals surface area contributed by atoms with Gasteiger partial charge < -0.3 is 4.57 Å². The van der Waals surface area contributed by atoms with Crippen molar-refractivity contribution in [3.63, 3.8) is 0 Å². The summed E-state index contributed by atoms with van der Waals surface area (Å²) in [6, 6.07) is 10.8. The number of benzene rings is 1. The Kier molecular flexibility index (Phi) is 3.57. The Morgan fingerprint density at radius 1 is 0.963 bits per heavy atom. The highest BCUT2D eigenvalue weighted by Crippen LogP contribution is 2.21. The first-order valence-corrected chi connectivity index (χ1v) is 8.39. The third-order valence-electron chi connectivity index (χ3n) is 4.41. The second kappa shape index (κ2) is 6.21. The van der Waals surface area contributed by atoms with Crippen molar-refractivity contribution in [2.24, 2.45) is 0 Å². The van der Waals surface area contributed by atoms with E-state index in [2.05, 4.69) is 24.9 Å². The van der Waals surface area contributed by atoms with E-state index in [0.717, 1.165) is 16.6 Å². The third-order valence-corrected chi connectivity index (χ3v) is 4.41. The van der Waals surface area contributed by atoms with E-state index >= 15 is 0 Å². The smallest absolute Gasteiger partial charge is 0.197 e. The average Bonchev–Trinajstić information content (AvgIpc) is 3.11. The Morgan fingerprint density at radius 2 is 1.85 bits per heavy atom. The summed E-state index contributed by atoms with van der Waals surface area (Å²) < 4.78 is 16.3. The molecular formula is C20H13FN6. The third kappa shape index (κ3) is 2.79. The van der Waals surface area contributed by atoms with Crippen LogP contribution in [0.2, 0.25) is 0 Å². The van der Waals surface area contributed by atoms with Gasteiger partial charge in [0.25, 0.3) is 0 Å². The Bertz CT molecular complexity index is 1270. The molecule has 0 N–H and O–H groups in total. The van der Waals surface area contributed by atoms with E-state index < -0.39 is 0 Å². The molecule has 0 fully saturated rings. The largest absolute Gasteiger partial charge is 0.309 e. The van der Waals surface area contributed by atoms with Crippen LogP contribution in [0.25, 0.3) is 33.5 Å². The second-order valence-electron chi connectivity index (χ2n) is 6.15. The highest BCUT2D eigenvalue weighted by atomic mass is 19.1. The van der Waals surface area contributed by atoms with Crippen LogP contribution in [0.3, 0.4) is 0 Å². The molecule has 4 aromatic heterocycles. The maximum Gasteiger partial charge on any atom is 0.197 e. The van der Waals surface area contributed by atoms with Gasteiger partial charge in [0.2, 0.25) is 0 Å². The molecule has 0 aliphatic heterocycles. The second-order valence-corrected chi connectivity index (χ2v) is 6.15. The number of imidazole rings is 1. The number of halogens is 1. The van der Waals surface area contributed by atoms with Crippen LogP contribution in [-0.4, -0.2) is 29.5 Å². The minimum absolute atomic E-state index is 0.304. The maximum atomic E-state index is 14.5. The van der Waals surface area contributed by atoms with Crippen LogP contribution in [0.1, 0.15) is 5.56 Å². The number of rotatable bonds is 3. The van der Waals surface area contributed by atoms with Gasteiger partial charge in [-0.25, -0.2) is 19.3 Å². The van der Waals surface area contributed by atoms with Gasteiger partial charge in [-0.15, -0.1) is 0 Å². The Balaban J connectivity index is 1.58. The molecular weight excluding hydrogens is 343 g/mol. The minimum Gasteiger partial charge on any atom is -0.309 e. The molecule has 0 saturated carbocycles. The van der Waals surface area contributed by atoms with Gasteiger partial charge in [-0.05, 0) is 24.3 Å². The Morgan fingerprint density at radius 3 is 2.74 bits per heavy atom. The molecule has 5 rings (SSSR count). The molecule has 0 aliphatic carbocycles. The van der Waals surface area contributed by atoms with Crippen LogP contribution in [0, 0.1) is 5.82 Å². The molecule has 0 amide bonds. The normalized spacial score (nSPS) is 11.3. The molecule has 5 aromatic rings. The summed E-state index contributed by atoms with van der Waals surface area (Å²) in [6.07, 6.45) is 8.38. The predicted octanol–water partition coefficient (Wildman–Crippen LogP) is 3.62. The molecule has 0 unspecified atom stereocenters. The Hall–Kier alpha value is -3.74. The quantitative estimate of drug-likeness (QED) is 0.494. The SMILES string of the molecule is Fc1cc2ncccc2cc1Cn1cnc2ncc(-c3ccncc3)nc21. The summed E-state index contributed by atoms with van der Waals surface area (Å²) in [5, 5.41) is 0.891. The van der Waals surface area contributed by atoms with E-state index in [9.17, 15) is 4.39 Å². The number of fused-ring (bicyclic) bond motifs is 2. The summed E-state index contributed by atoms with van der Waals surface area (Å²) >= 11 is 0. The first kappa shape index (κ1) is 15.5. The van der Waals surface area contributed by atoms with Crippen molar-refractivity contribution in [1.82, 2.24) is 29.5 Å². The average molecular weight is 356 g/mol. The molecule has 0 saturated heterocycles. The molecule has 7 heteroatoms. The van der Waals surface area contributed by atoms with Crippen molar-refractivity contribution >= 4 is 22.2 Å². The molecule has 0 spiro atoms. The topological polar surface area (TPSA) is 69.4 Å². The van der Waals surface area contributed by atoms with Crippen LogP contribution >= 0.6 is 0 Å². The standard InChI is InChI=1S/C20H13FN6/c21-16-9-17-14(2-1-5-23-17)8-15(16)11-27-12-25-19-20(27)26-18(10-24-19)13-3-6-22-7-4-13/h1-10,12H,11H2. The molecule has 0 radical (unpaired) electrons. The van der Waals surface area contributed by atoms with Crippen LogP contribution < -0.4 is 0 Å². The summed E-state index contributed by atoms with van der Waals surface area (Å²) in [4.78, 5) is 21.5. The lowest BCUT2D eigenvalue weighted by Crippen LogP contribution is -2.03. The first-order chi connectivity index (χ1) is 13.3. The highest BCUT2D eigenvalue weighted by molar-refractivity contribution is 5.79. The lowest BCUT2D eigenvalue weighted by atomic mass is 10.1. The van der Waals surface area contributed by atoms with Crippen LogP contribution in [0.15, 0.2) is 67.5 Å². The van der Waals surface area contributed by atoms with Crippen LogP contribution in [0.4, 0.5) is 4.39 Å². The highest BCUT2D eigenvalue weighted by Gasteiger charge is 2.12. The number of aromatic nitrogens is 6. The van der Waals surface area contributed by atoms with Crippen molar-refractivity contribution < 1.29 is 4.39 Å². The minimum atomic E-state index is -0.304. The summed E-state index contributed by atoms with van der Waals surface area (Å²) in [5.74, 6) is -0.304. The molecule has 6 nitrogen and oxygen atoms in total. The van der Waals surface area contributed by atoms with E-state index in [1.165, 1.54) is 6.07 Å². The lowest BCUT2D eigenvalue weighted by molar-refractivity contribution is 0.603. The van der Waals surface area contributed by atoms with E-state index in [1.54, 1.807) is 35.7 Å². The fraction of sp³-hybridized carbons (Fsp3) is 0.0500. The zero-order chi connectivity index (χ0) is 18.2. The van der Waals surface area contributed by atoms with Crippen molar-refractivity contribution in [3.8, 4) is 11.3 Å². The molecule has 0 aliphatic rings. The Labute approximate surface area is 153 Å². The molecule has 27 heavy (non-hydrogen) atoms. The lowest BCUT2D eigenvalue weighted by Gasteiger charge is -2.08. The van der Waals surface area contributed by atoms with E-state index in [1.807, 2.05) is 30.3 Å². The molecule has 130 valence electrons. The van der Waals surface area contributed by atoms with Gasteiger partial charge in [-0.3, -0.25) is 9.97 Å².